The summed E-state index contributed by atoms with van der Waals surface area (Å²) in [5.41, 5.74) is 5.72. The Morgan fingerprint density at radius 2 is 2.15 bits per heavy atom. The predicted octanol–water partition coefficient (Wildman–Crippen LogP) is 2.80. The molecule has 20 heavy (non-hydrogen) atoms. The average Bonchev–Trinajstić information content (AvgIpc) is 2.86. The van der Waals surface area contributed by atoms with Crippen LogP contribution < -0.4 is 10.5 Å². The van der Waals surface area contributed by atoms with Gasteiger partial charge in [0.05, 0.1) is 12.3 Å². The molecule has 1 aromatic heterocycles. The third-order valence-electron chi connectivity index (χ3n) is 2.64. The van der Waals surface area contributed by atoms with Crippen LogP contribution in [0.2, 0.25) is 0 Å². The fraction of sp³-hybridized carbons (Fsp3) is 0.167. The monoisotopic (exact) mass is 362 g/mol. The van der Waals surface area contributed by atoms with Gasteiger partial charge in [0.15, 0.2) is 0 Å². The summed E-state index contributed by atoms with van der Waals surface area (Å²) in [4.78, 5) is -0.503. The lowest BCUT2D eigenvalue weighted by atomic mass is 10.3. The maximum Gasteiger partial charge on any atom is 0.244 e. The molecule has 1 unspecified atom stereocenters. The number of halogens is 2. The molecule has 0 fully saturated rings. The number of nitrogen functional groups attached to an aromatic ring is 1. The van der Waals surface area contributed by atoms with Gasteiger partial charge in [0.25, 0.3) is 0 Å². The van der Waals surface area contributed by atoms with E-state index in [1.807, 2.05) is 0 Å². The van der Waals surface area contributed by atoms with Crippen LogP contribution in [-0.4, -0.2) is 8.42 Å². The minimum Gasteiger partial charge on any atom is -0.468 e. The number of nitrogens with one attached hydrogen (secondary N) is 1. The number of benzene rings is 1. The summed E-state index contributed by atoms with van der Waals surface area (Å²) in [5.74, 6) is -0.454. The highest BCUT2D eigenvalue weighted by Crippen LogP contribution is 2.27. The van der Waals surface area contributed by atoms with Crippen LogP contribution in [0.15, 0.2) is 44.3 Å². The molecule has 108 valence electrons. The highest BCUT2D eigenvalue weighted by atomic mass is 79.9. The minimum absolute atomic E-state index is 0.137. The number of hydrogen-bond acceptors (Lipinski definition) is 4. The molecule has 1 heterocycles. The van der Waals surface area contributed by atoms with E-state index < -0.39 is 26.8 Å². The van der Waals surface area contributed by atoms with Gasteiger partial charge in [-0.3, -0.25) is 0 Å². The van der Waals surface area contributed by atoms with E-state index in [0.717, 1.165) is 12.1 Å². The lowest BCUT2D eigenvalue weighted by Crippen LogP contribution is -2.27. The number of nitrogens with two attached hydrogens (primary N) is 1. The Morgan fingerprint density at radius 1 is 1.45 bits per heavy atom. The zero-order valence-corrected chi connectivity index (χ0v) is 12.8. The summed E-state index contributed by atoms with van der Waals surface area (Å²) in [6.45, 7) is 1.59. The number of anilines is 1. The fourth-order valence-corrected chi connectivity index (χ4v) is 3.26. The molecule has 3 N–H and O–H groups in total. The van der Waals surface area contributed by atoms with Crippen LogP contribution >= 0.6 is 15.9 Å². The number of rotatable bonds is 4. The van der Waals surface area contributed by atoms with Crippen LogP contribution in [0.4, 0.5) is 10.1 Å². The average molecular weight is 363 g/mol. The normalized spacial score (nSPS) is 13.3. The van der Waals surface area contributed by atoms with E-state index in [0.29, 0.717) is 10.2 Å². The topological polar surface area (TPSA) is 85.3 Å². The number of furan rings is 1. The van der Waals surface area contributed by atoms with Crippen LogP contribution in [-0.2, 0) is 10.0 Å². The van der Waals surface area contributed by atoms with Crippen LogP contribution in [0.1, 0.15) is 18.7 Å². The second-order valence-corrected chi connectivity index (χ2v) is 6.70. The molecule has 2 aromatic rings. The first-order chi connectivity index (χ1) is 9.31. The smallest absolute Gasteiger partial charge is 0.244 e. The van der Waals surface area contributed by atoms with E-state index in [9.17, 15) is 12.8 Å². The first kappa shape index (κ1) is 15.0. The molecule has 0 amide bonds. The van der Waals surface area contributed by atoms with Gasteiger partial charge in [0, 0.05) is 10.2 Å². The van der Waals surface area contributed by atoms with Gasteiger partial charge in [-0.25, -0.2) is 17.5 Å². The largest absolute Gasteiger partial charge is 0.468 e. The molecule has 8 heteroatoms. The van der Waals surface area contributed by atoms with Crippen molar-refractivity contribution < 1.29 is 17.2 Å². The van der Waals surface area contributed by atoms with E-state index in [4.69, 9.17) is 10.2 Å². The van der Waals surface area contributed by atoms with Gasteiger partial charge in [-0.05, 0) is 47.1 Å². The summed E-state index contributed by atoms with van der Waals surface area (Å²) < 4.78 is 45.8. The van der Waals surface area contributed by atoms with Gasteiger partial charge >= 0.3 is 0 Å². The maximum absolute atomic E-state index is 13.8. The lowest BCUT2D eigenvalue weighted by Gasteiger charge is -2.13. The number of hydrogen-bond donors (Lipinski definition) is 2. The van der Waals surface area contributed by atoms with E-state index in [-0.39, 0.29) is 5.69 Å². The van der Waals surface area contributed by atoms with Crippen molar-refractivity contribution in [1.82, 2.24) is 4.72 Å². The zero-order chi connectivity index (χ0) is 14.9. The van der Waals surface area contributed by atoms with E-state index in [1.54, 1.807) is 19.1 Å². The third kappa shape index (κ3) is 3.02. The maximum atomic E-state index is 13.8. The Balaban J connectivity index is 2.34. The van der Waals surface area contributed by atoms with Crippen molar-refractivity contribution in [2.24, 2.45) is 0 Å². The predicted molar refractivity (Wildman–Crippen MR) is 76.0 cm³/mol. The van der Waals surface area contributed by atoms with Gasteiger partial charge in [0.2, 0.25) is 10.0 Å². The summed E-state index contributed by atoms with van der Waals surface area (Å²) in [6.07, 6.45) is 1.43. The first-order valence-corrected chi connectivity index (χ1v) is 7.89. The van der Waals surface area contributed by atoms with Crippen molar-refractivity contribution >= 4 is 31.6 Å². The van der Waals surface area contributed by atoms with Gasteiger partial charge in [0.1, 0.15) is 16.5 Å². The van der Waals surface area contributed by atoms with Crippen molar-refractivity contribution in [3.8, 4) is 0 Å². The Bertz CT molecular complexity index is 717. The second-order valence-electron chi connectivity index (χ2n) is 4.16. The molecule has 0 spiro atoms. The lowest BCUT2D eigenvalue weighted by molar-refractivity contribution is 0.458. The molecular formula is C12H12BrFN2O3S. The van der Waals surface area contributed by atoms with Crippen molar-refractivity contribution in [2.75, 3.05) is 5.73 Å². The van der Waals surface area contributed by atoms with Gasteiger partial charge in [-0.1, -0.05) is 0 Å². The molecule has 1 atom stereocenters. The van der Waals surface area contributed by atoms with Crippen LogP contribution in [0.5, 0.6) is 0 Å². The molecule has 2 rings (SSSR count). The molecule has 0 aliphatic carbocycles. The van der Waals surface area contributed by atoms with Crippen LogP contribution in [0.3, 0.4) is 0 Å². The summed E-state index contributed by atoms with van der Waals surface area (Å²) in [6, 6.07) is 4.72. The van der Waals surface area contributed by atoms with Gasteiger partial charge in [-0.15, -0.1) is 0 Å². The molecule has 0 saturated heterocycles. The van der Waals surface area contributed by atoms with E-state index in [1.165, 1.54) is 6.26 Å². The second kappa shape index (κ2) is 5.55. The molecule has 0 bridgehead atoms. The standard InChI is InChI=1S/C12H12BrFN2O3S/c1-7(11-3-2-4-19-11)16-20(17,18)12-6-10(15)8(13)5-9(12)14/h2-7,16H,15H2,1H3. The van der Waals surface area contributed by atoms with E-state index >= 15 is 0 Å². The molecule has 0 radical (unpaired) electrons. The van der Waals surface area contributed by atoms with E-state index in [2.05, 4.69) is 20.7 Å². The Hall–Kier alpha value is -1.38. The molecule has 1 aromatic carbocycles. The molecule has 0 saturated carbocycles. The SMILES string of the molecule is CC(NS(=O)(=O)c1cc(N)c(Br)cc1F)c1ccco1. The van der Waals surface area contributed by atoms with Gasteiger partial charge < -0.3 is 10.2 Å². The van der Waals surface area contributed by atoms with Gasteiger partial charge in [-0.2, -0.15) is 0 Å². The Morgan fingerprint density at radius 3 is 2.75 bits per heavy atom. The van der Waals surface area contributed by atoms with Crippen LogP contribution in [0.25, 0.3) is 0 Å². The first-order valence-electron chi connectivity index (χ1n) is 5.61. The Kier molecular flexibility index (Phi) is 4.17. The Labute approximate surface area is 124 Å². The van der Waals surface area contributed by atoms with Crippen molar-refractivity contribution in [3.05, 3.63) is 46.6 Å². The third-order valence-corrected chi connectivity index (χ3v) is 4.89. The zero-order valence-electron chi connectivity index (χ0n) is 10.4. The van der Waals surface area contributed by atoms with Crippen LogP contribution in [0, 0.1) is 5.82 Å². The summed E-state index contributed by atoms with van der Waals surface area (Å²) >= 11 is 3.03. The van der Waals surface area contributed by atoms with Crippen molar-refractivity contribution in [1.29, 1.82) is 0 Å². The highest BCUT2D eigenvalue weighted by molar-refractivity contribution is 9.10. The van der Waals surface area contributed by atoms with Crippen molar-refractivity contribution in [3.63, 3.8) is 0 Å². The minimum atomic E-state index is -4.04. The highest BCUT2D eigenvalue weighted by Gasteiger charge is 2.24. The molecule has 0 aliphatic rings. The molecular weight excluding hydrogens is 351 g/mol. The van der Waals surface area contributed by atoms with Crippen molar-refractivity contribution in [2.45, 2.75) is 17.9 Å². The number of sulfonamides is 1. The summed E-state index contributed by atoms with van der Waals surface area (Å²) in [5, 5.41) is 0. The summed E-state index contributed by atoms with van der Waals surface area (Å²) in [7, 11) is -4.04. The quantitative estimate of drug-likeness (QED) is 0.818. The molecule has 0 aliphatic heterocycles. The molecule has 5 nitrogen and oxygen atoms in total. The fourth-order valence-electron chi connectivity index (χ4n) is 1.64.